The zero-order chi connectivity index (χ0) is 18.2. The zero-order valence-corrected chi connectivity index (χ0v) is 15.9. The number of ether oxygens (including phenoxy) is 1. The normalized spacial score (nSPS) is 25.0. The molecule has 1 aromatic rings. The highest BCUT2D eigenvalue weighted by Crippen LogP contribution is 2.44. The summed E-state index contributed by atoms with van der Waals surface area (Å²) in [6.07, 6.45) is 5.66. The topological polar surface area (TPSA) is 75.7 Å². The van der Waals surface area contributed by atoms with E-state index >= 15 is 0 Å². The Kier molecular flexibility index (Phi) is 5.16. The smallest absolute Gasteiger partial charge is 0.241 e. The van der Waals surface area contributed by atoms with Gasteiger partial charge in [-0.25, -0.2) is 8.42 Å². The lowest BCUT2D eigenvalue weighted by molar-refractivity contribution is -0.120. The second-order valence-electron chi connectivity index (χ2n) is 6.94. The number of methoxy groups -OCH3 is 1. The van der Waals surface area contributed by atoms with Crippen molar-refractivity contribution in [3.8, 4) is 5.75 Å². The summed E-state index contributed by atoms with van der Waals surface area (Å²) in [6.45, 7) is -0.255. The third-order valence-corrected chi connectivity index (χ3v) is 6.63. The molecule has 3 atom stereocenters. The van der Waals surface area contributed by atoms with Crippen LogP contribution in [0.2, 0.25) is 5.02 Å². The van der Waals surface area contributed by atoms with Crippen LogP contribution in [0.15, 0.2) is 18.2 Å². The molecular formula is C17H23ClN2O4S. The number of sulfonamides is 1. The SMILES string of the molecule is COc1ccc(N(CC(=O)N[C@@H]2C[C@@H]3CC[C@@H]2C3)S(C)(=O)=O)cc1Cl. The van der Waals surface area contributed by atoms with Gasteiger partial charge < -0.3 is 10.1 Å². The Morgan fingerprint density at radius 1 is 1.36 bits per heavy atom. The molecule has 2 saturated carbocycles. The van der Waals surface area contributed by atoms with E-state index < -0.39 is 10.0 Å². The van der Waals surface area contributed by atoms with E-state index in [1.54, 1.807) is 12.1 Å². The van der Waals surface area contributed by atoms with E-state index in [-0.39, 0.29) is 18.5 Å². The molecule has 0 saturated heterocycles. The zero-order valence-electron chi connectivity index (χ0n) is 14.4. The summed E-state index contributed by atoms with van der Waals surface area (Å²) in [6, 6.07) is 4.83. The van der Waals surface area contributed by atoms with Crippen LogP contribution in [0.4, 0.5) is 5.69 Å². The van der Waals surface area contributed by atoms with Gasteiger partial charge in [0.25, 0.3) is 0 Å². The Bertz CT molecular complexity index is 768. The number of nitrogens with one attached hydrogen (secondary N) is 1. The van der Waals surface area contributed by atoms with E-state index in [0.29, 0.717) is 28.3 Å². The van der Waals surface area contributed by atoms with Crippen molar-refractivity contribution in [1.29, 1.82) is 0 Å². The van der Waals surface area contributed by atoms with Gasteiger partial charge in [0.15, 0.2) is 0 Å². The Hall–Kier alpha value is -1.47. The molecule has 2 aliphatic rings. The largest absolute Gasteiger partial charge is 0.495 e. The summed E-state index contributed by atoms with van der Waals surface area (Å²) < 4.78 is 30.5. The molecule has 1 amide bonds. The Balaban J connectivity index is 1.73. The Morgan fingerprint density at radius 3 is 2.64 bits per heavy atom. The number of hydrogen-bond donors (Lipinski definition) is 1. The molecule has 0 heterocycles. The number of carbonyl (C=O) groups is 1. The second-order valence-corrected chi connectivity index (χ2v) is 9.25. The van der Waals surface area contributed by atoms with Gasteiger partial charge in [-0.15, -0.1) is 0 Å². The molecular weight excluding hydrogens is 364 g/mol. The standard InChI is InChI=1S/C17H23ClN2O4S/c1-24-16-6-5-13(9-14(16)18)20(25(2,22)23)10-17(21)19-15-8-11-3-4-12(15)7-11/h5-6,9,11-12,15H,3-4,7-8,10H2,1-2H3,(H,19,21)/t11-,12-,15-/m1/s1. The van der Waals surface area contributed by atoms with E-state index in [9.17, 15) is 13.2 Å². The number of hydrogen-bond acceptors (Lipinski definition) is 4. The van der Waals surface area contributed by atoms with Gasteiger partial charge in [-0.2, -0.15) is 0 Å². The van der Waals surface area contributed by atoms with Crippen molar-refractivity contribution in [1.82, 2.24) is 5.32 Å². The molecule has 0 radical (unpaired) electrons. The first kappa shape index (κ1) is 18.3. The minimum Gasteiger partial charge on any atom is -0.495 e. The summed E-state index contributed by atoms with van der Waals surface area (Å²) in [5, 5.41) is 3.31. The van der Waals surface area contributed by atoms with Crippen molar-refractivity contribution >= 4 is 33.2 Å². The first-order valence-electron chi connectivity index (χ1n) is 8.38. The number of nitrogens with zero attached hydrogens (tertiary/aromatic N) is 1. The maximum atomic E-state index is 12.4. The fraction of sp³-hybridized carbons (Fsp3) is 0.588. The molecule has 3 rings (SSSR count). The highest BCUT2D eigenvalue weighted by molar-refractivity contribution is 7.92. The average molecular weight is 387 g/mol. The molecule has 0 aliphatic heterocycles. The first-order valence-corrected chi connectivity index (χ1v) is 10.6. The number of halogens is 1. The van der Waals surface area contributed by atoms with Crippen LogP contribution >= 0.6 is 11.6 Å². The van der Waals surface area contributed by atoms with Crippen LogP contribution in [0, 0.1) is 11.8 Å². The van der Waals surface area contributed by atoms with Gasteiger partial charge >= 0.3 is 0 Å². The minimum atomic E-state index is -3.62. The van der Waals surface area contributed by atoms with Crippen molar-refractivity contribution in [3.63, 3.8) is 0 Å². The van der Waals surface area contributed by atoms with Gasteiger partial charge in [0.2, 0.25) is 15.9 Å². The number of benzene rings is 1. The van der Waals surface area contributed by atoms with E-state index in [0.717, 1.165) is 23.4 Å². The molecule has 1 aromatic carbocycles. The highest BCUT2D eigenvalue weighted by atomic mass is 35.5. The molecule has 1 N–H and O–H groups in total. The third-order valence-electron chi connectivity index (χ3n) is 5.20. The average Bonchev–Trinajstić information content (AvgIpc) is 3.14. The lowest BCUT2D eigenvalue weighted by Gasteiger charge is -2.26. The molecule has 25 heavy (non-hydrogen) atoms. The molecule has 0 aromatic heterocycles. The van der Waals surface area contributed by atoms with Crippen LogP contribution in [0.1, 0.15) is 25.7 Å². The first-order chi connectivity index (χ1) is 11.8. The van der Waals surface area contributed by atoms with Gasteiger partial charge in [-0.1, -0.05) is 18.0 Å². The fourth-order valence-corrected chi connectivity index (χ4v) is 5.12. The van der Waals surface area contributed by atoms with Gasteiger partial charge in [-0.3, -0.25) is 9.10 Å². The number of rotatable bonds is 6. The van der Waals surface area contributed by atoms with Crippen LogP contribution in [0.5, 0.6) is 5.75 Å². The van der Waals surface area contributed by atoms with Gasteiger partial charge in [0.05, 0.1) is 24.1 Å². The van der Waals surface area contributed by atoms with E-state index in [1.165, 1.54) is 26.0 Å². The molecule has 2 bridgehead atoms. The predicted molar refractivity (Wildman–Crippen MR) is 97.6 cm³/mol. The molecule has 0 spiro atoms. The van der Waals surface area contributed by atoms with Crippen LogP contribution in [-0.4, -0.2) is 40.3 Å². The molecule has 2 fully saturated rings. The Labute approximate surface area is 153 Å². The minimum absolute atomic E-state index is 0.173. The summed E-state index contributed by atoms with van der Waals surface area (Å²) in [7, 11) is -2.14. The van der Waals surface area contributed by atoms with Crippen LogP contribution in [-0.2, 0) is 14.8 Å². The molecule has 0 unspecified atom stereocenters. The summed E-state index contributed by atoms with van der Waals surface area (Å²) in [5.74, 6) is 1.41. The molecule has 2 aliphatic carbocycles. The van der Waals surface area contributed by atoms with E-state index in [2.05, 4.69) is 5.32 Å². The van der Waals surface area contributed by atoms with E-state index in [4.69, 9.17) is 16.3 Å². The lowest BCUT2D eigenvalue weighted by Crippen LogP contribution is -2.45. The second kappa shape index (κ2) is 7.03. The van der Waals surface area contributed by atoms with Gasteiger partial charge in [0.1, 0.15) is 12.3 Å². The quantitative estimate of drug-likeness (QED) is 0.814. The lowest BCUT2D eigenvalue weighted by atomic mass is 9.95. The van der Waals surface area contributed by atoms with Crippen LogP contribution < -0.4 is 14.4 Å². The van der Waals surface area contributed by atoms with Crippen molar-refractivity contribution in [3.05, 3.63) is 23.2 Å². The summed E-state index contributed by atoms with van der Waals surface area (Å²) in [4.78, 5) is 12.4. The van der Waals surface area contributed by atoms with Crippen LogP contribution in [0.3, 0.4) is 0 Å². The third kappa shape index (κ3) is 4.03. The summed E-state index contributed by atoms with van der Waals surface area (Å²) >= 11 is 6.09. The van der Waals surface area contributed by atoms with Gasteiger partial charge in [0, 0.05) is 6.04 Å². The van der Waals surface area contributed by atoms with E-state index in [1.807, 2.05) is 0 Å². The molecule has 8 heteroatoms. The van der Waals surface area contributed by atoms with Crippen LogP contribution in [0.25, 0.3) is 0 Å². The van der Waals surface area contributed by atoms with Crippen molar-refractivity contribution in [2.75, 3.05) is 24.2 Å². The van der Waals surface area contributed by atoms with Crippen molar-refractivity contribution < 1.29 is 17.9 Å². The summed E-state index contributed by atoms with van der Waals surface area (Å²) in [5.41, 5.74) is 0.344. The number of anilines is 1. The number of fused-ring (bicyclic) bond motifs is 2. The fourth-order valence-electron chi connectivity index (χ4n) is 4.01. The molecule has 138 valence electrons. The molecule has 6 nitrogen and oxygen atoms in total. The Morgan fingerprint density at radius 2 is 2.12 bits per heavy atom. The highest BCUT2D eigenvalue weighted by Gasteiger charge is 2.40. The van der Waals surface area contributed by atoms with Gasteiger partial charge in [-0.05, 0) is 49.3 Å². The monoisotopic (exact) mass is 386 g/mol. The number of amides is 1. The predicted octanol–water partition coefficient (Wildman–Crippen LogP) is 2.42. The number of carbonyl (C=O) groups excluding carboxylic acids is 1. The van der Waals surface area contributed by atoms with Crippen molar-refractivity contribution in [2.45, 2.75) is 31.7 Å². The maximum Gasteiger partial charge on any atom is 0.241 e. The van der Waals surface area contributed by atoms with Crippen molar-refractivity contribution in [2.24, 2.45) is 11.8 Å². The maximum absolute atomic E-state index is 12.4.